The van der Waals surface area contributed by atoms with Crippen LogP contribution in [0.4, 0.5) is 4.39 Å². The number of alkyl halides is 1. The maximum atomic E-state index is 12.3. The third-order valence-corrected chi connectivity index (χ3v) is 6.15. The standard InChI is InChI=1S/C23H16FN3OSe/c24-12-13-28-20-10-11-22-21(14-20)27-23(29-22)19-8-6-17(7-9-19)4-2-1-3-5-18(15-25)16-26/h1-11,14H,12-13H2/b3-1+,4-2+. The molecule has 0 aliphatic heterocycles. The van der Waals surface area contributed by atoms with Crippen molar-refractivity contribution in [3.8, 4) is 28.0 Å². The van der Waals surface area contributed by atoms with Gasteiger partial charge in [-0.05, 0) is 0 Å². The van der Waals surface area contributed by atoms with E-state index in [-0.39, 0.29) is 26.7 Å². The third kappa shape index (κ3) is 5.53. The van der Waals surface area contributed by atoms with E-state index in [2.05, 4.69) is 0 Å². The Morgan fingerprint density at radius 2 is 1.86 bits per heavy atom. The summed E-state index contributed by atoms with van der Waals surface area (Å²) in [5.74, 6) is 0.641. The van der Waals surface area contributed by atoms with Crippen LogP contribution in [0.2, 0.25) is 0 Å². The Hall–Kier alpha value is -3.44. The first-order chi connectivity index (χ1) is 14.2. The fourth-order valence-corrected chi connectivity index (χ4v) is 4.49. The van der Waals surface area contributed by atoms with Crippen molar-refractivity contribution in [1.29, 1.82) is 10.5 Å². The fourth-order valence-electron chi connectivity index (χ4n) is 2.50. The topological polar surface area (TPSA) is 69.7 Å². The monoisotopic (exact) mass is 449 g/mol. The van der Waals surface area contributed by atoms with E-state index in [1.54, 1.807) is 24.3 Å². The van der Waals surface area contributed by atoms with Gasteiger partial charge in [-0.1, -0.05) is 0 Å². The number of rotatable bonds is 7. The molecule has 0 saturated heterocycles. The van der Waals surface area contributed by atoms with Crippen molar-refractivity contribution < 1.29 is 9.13 Å². The average molecular weight is 448 g/mol. The summed E-state index contributed by atoms with van der Waals surface area (Å²) in [7, 11) is 0. The van der Waals surface area contributed by atoms with E-state index in [0.717, 1.165) is 21.2 Å². The second-order valence-corrected chi connectivity index (χ2v) is 8.02. The number of ether oxygens (including phenoxy) is 1. The number of hydrogen-bond acceptors (Lipinski definition) is 4. The Balaban J connectivity index is 1.70. The van der Waals surface area contributed by atoms with E-state index in [0.29, 0.717) is 5.75 Å². The van der Waals surface area contributed by atoms with Crippen LogP contribution >= 0.6 is 0 Å². The van der Waals surface area contributed by atoms with Gasteiger partial charge in [-0.3, -0.25) is 0 Å². The molecule has 1 heterocycles. The molecule has 0 unspecified atom stereocenters. The van der Waals surface area contributed by atoms with E-state index < -0.39 is 6.67 Å². The molecule has 0 spiro atoms. The first-order valence-corrected chi connectivity index (χ1v) is 10.5. The third-order valence-electron chi connectivity index (χ3n) is 3.88. The van der Waals surface area contributed by atoms with Gasteiger partial charge in [0.15, 0.2) is 0 Å². The van der Waals surface area contributed by atoms with Crippen LogP contribution in [0.25, 0.3) is 26.0 Å². The molecule has 29 heavy (non-hydrogen) atoms. The number of fused-ring (bicyclic) bond motifs is 1. The van der Waals surface area contributed by atoms with Crippen molar-refractivity contribution in [2.45, 2.75) is 0 Å². The van der Waals surface area contributed by atoms with Crippen LogP contribution in [-0.2, 0) is 0 Å². The summed E-state index contributed by atoms with van der Waals surface area (Å²) >= 11 is 0.125. The minimum absolute atomic E-state index is 0.0543. The molecule has 0 saturated carbocycles. The van der Waals surface area contributed by atoms with Crippen LogP contribution in [0, 0.1) is 22.7 Å². The molecule has 6 heteroatoms. The van der Waals surface area contributed by atoms with Crippen LogP contribution < -0.4 is 4.74 Å². The van der Waals surface area contributed by atoms with E-state index in [4.69, 9.17) is 20.2 Å². The summed E-state index contributed by atoms with van der Waals surface area (Å²) in [6.07, 6.45) is 8.69. The maximum absolute atomic E-state index is 12.3. The fraction of sp³-hybridized carbons (Fsp3) is 0.0870. The molecular weight excluding hydrogens is 432 g/mol. The van der Waals surface area contributed by atoms with Gasteiger partial charge in [-0.25, -0.2) is 0 Å². The molecule has 2 aromatic carbocycles. The molecule has 0 atom stereocenters. The van der Waals surface area contributed by atoms with Gasteiger partial charge in [0.2, 0.25) is 0 Å². The Labute approximate surface area is 174 Å². The van der Waals surface area contributed by atoms with Crippen LogP contribution in [0.5, 0.6) is 5.75 Å². The van der Waals surface area contributed by atoms with Crippen molar-refractivity contribution in [2.24, 2.45) is 0 Å². The van der Waals surface area contributed by atoms with Gasteiger partial charge >= 0.3 is 164 Å². The quantitative estimate of drug-likeness (QED) is 0.294. The van der Waals surface area contributed by atoms with Gasteiger partial charge in [0, 0.05) is 0 Å². The molecular formula is C23H16FN3OSe. The molecule has 0 amide bonds. The van der Waals surface area contributed by atoms with Crippen molar-refractivity contribution in [1.82, 2.24) is 4.98 Å². The first-order valence-electron chi connectivity index (χ1n) is 8.78. The number of halogens is 1. The predicted octanol–water partition coefficient (Wildman–Crippen LogP) is 4.85. The number of nitrogens with zero attached hydrogens (tertiary/aromatic N) is 3. The normalized spacial score (nSPS) is 10.9. The SMILES string of the molecule is N#CC(C#N)=C/C=C/C=C/c1ccc(-c2nc3cc(OCCF)ccc3[se]2)cc1. The van der Waals surface area contributed by atoms with Crippen molar-refractivity contribution in [3.63, 3.8) is 0 Å². The molecule has 142 valence electrons. The minimum atomic E-state index is -0.510. The van der Waals surface area contributed by atoms with Gasteiger partial charge in [0.05, 0.1) is 0 Å². The summed E-state index contributed by atoms with van der Waals surface area (Å²) in [4.78, 5) is 4.72. The first kappa shape index (κ1) is 20.3. The molecule has 3 aromatic rings. The summed E-state index contributed by atoms with van der Waals surface area (Å²) in [6.45, 7) is -0.456. The number of hydrogen-bond donors (Lipinski definition) is 0. The summed E-state index contributed by atoms with van der Waals surface area (Å²) in [5.41, 5.74) is 3.08. The van der Waals surface area contributed by atoms with Gasteiger partial charge < -0.3 is 0 Å². The van der Waals surface area contributed by atoms with Gasteiger partial charge in [-0.15, -0.1) is 0 Å². The van der Waals surface area contributed by atoms with E-state index in [1.807, 2.05) is 54.6 Å². The average Bonchev–Trinajstić information content (AvgIpc) is 3.18. The van der Waals surface area contributed by atoms with Crippen molar-refractivity contribution in [2.75, 3.05) is 13.3 Å². The molecule has 0 aliphatic carbocycles. The predicted molar refractivity (Wildman–Crippen MR) is 113 cm³/mol. The molecule has 3 rings (SSSR count). The van der Waals surface area contributed by atoms with Crippen LogP contribution in [0.15, 0.2) is 72.3 Å². The van der Waals surface area contributed by atoms with Crippen molar-refractivity contribution in [3.05, 3.63) is 77.9 Å². The number of nitriles is 2. The molecule has 0 N–H and O–H groups in total. The zero-order valence-electron chi connectivity index (χ0n) is 15.4. The molecule has 0 bridgehead atoms. The molecule has 0 aliphatic rings. The zero-order valence-corrected chi connectivity index (χ0v) is 17.1. The second-order valence-electron chi connectivity index (χ2n) is 5.86. The zero-order chi connectivity index (χ0) is 20.5. The van der Waals surface area contributed by atoms with Crippen molar-refractivity contribution >= 4 is 30.4 Å². The molecule has 4 nitrogen and oxygen atoms in total. The second kappa shape index (κ2) is 10.2. The van der Waals surface area contributed by atoms with Crippen LogP contribution in [-0.4, -0.2) is 32.8 Å². The molecule has 0 radical (unpaired) electrons. The van der Waals surface area contributed by atoms with E-state index in [9.17, 15) is 4.39 Å². The van der Waals surface area contributed by atoms with E-state index >= 15 is 0 Å². The summed E-state index contributed by atoms with van der Waals surface area (Å²) in [6, 6.07) is 17.5. The van der Waals surface area contributed by atoms with E-state index in [1.165, 1.54) is 10.3 Å². The van der Waals surface area contributed by atoms with Gasteiger partial charge in [0.25, 0.3) is 0 Å². The van der Waals surface area contributed by atoms with Gasteiger partial charge in [-0.2, -0.15) is 10.5 Å². The molecule has 1 aromatic heterocycles. The Morgan fingerprint density at radius 1 is 1.07 bits per heavy atom. The Kier molecular flexibility index (Phi) is 7.14. The van der Waals surface area contributed by atoms with Crippen LogP contribution in [0.3, 0.4) is 0 Å². The van der Waals surface area contributed by atoms with Crippen LogP contribution in [0.1, 0.15) is 5.56 Å². The van der Waals surface area contributed by atoms with Gasteiger partial charge in [0.1, 0.15) is 0 Å². The number of benzene rings is 2. The number of aromatic nitrogens is 1. The Morgan fingerprint density at radius 3 is 2.59 bits per heavy atom. The summed E-state index contributed by atoms with van der Waals surface area (Å²) < 4.78 is 19.8. The summed E-state index contributed by atoms with van der Waals surface area (Å²) in [5, 5.41) is 17.3. The Bertz CT molecular complexity index is 1150. The molecule has 0 fully saturated rings. The number of allylic oxidation sites excluding steroid dienone is 5.